The van der Waals surface area contributed by atoms with Crippen molar-refractivity contribution >= 4 is 26.8 Å². The maximum Gasteiger partial charge on any atom is 0.187 e. The van der Waals surface area contributed by atoms with Crippen molar-refractivity contribution in [3.63, 3.8) is 0 Å². The van der Waals surface area contributed by atoms with Gasteiger partial charge in [0.1, 0.15) is 26.9 Å². The standard InChI is InChI=1S/C43H32FN5O2S2/c44-36-21-18-31(19-22-36)42-37(32-20-24-40-46-28-38(48(40)29-32)39-23-25-41(52-39)53(50,51)27-11-10-26-45)30-49(47-42)43(33-12-4-1-5-13-33,34-14-6-2-7-15-34)35-16-8-3-9-17-35/h1-9,12-25,28-30H,10-11,27H2. The number of unbranched alkanes of at least 4 members (excludes halogenated alkanes) is 1. The molecular weight excluding hydrogens is 702 g/mol. The number of sulfone groups is 1. The van der Waals surface area contributed by atoms with E-state index in [1.165, 1.54) is 23.5 Å². The third kappa shape index (κ3) is 6.24. The van der Waals surface area contributed by atoms with Gasteiger partial charge in [-0.25, -0.2) is 17.8 Å². The van der Waals surface area contributed by atoms with Gasteiger partial charge in [0.25, 0.3) is 0 Å². The van der Waals surface area contributed by atoms with E-state index >= 15 is 0 Å². The van der Waals surface area contributed by atoms with Gasteiger partial charge in [0.05, 0.1) is 28.6 Å². The van der Waals surface area contributed by atoms with Crippen LogP contribution < -0.4 is 0 Å². The molecule has 0 amide bonds. The van der Waals surface area contributed by atoms with E-state index in [2.05, 4.69) is 47.6 Å². The van der Waals surface area contributed by atoms with Crippen LogP contribution in [0, 0.1) is 17.1 Å². The topological polar surface area (TPSA) is 93.0 Å². The summed E-state index contributed by atoms with van der Waals surface area (Å²) in [7, 11) is -3.53. The number of nitrogens with zero attached hydrogens (tertiary/aromatic N) is 5. The van der Waals surface area contributed by atoms with E-state index in [0.29, 0.717) is 11.3 Å². The van der Waals surface area contributed by atoms with Crippen LogP contribution in [0.15, 0.2) is 162 Å². The van der Waals surface area contributed by atoms with Crippen molar-refractivity contribution in [1.82, 2.24) is 19.2 Å². The van der Waals surface area contributed by atoms with E-state index in [0.717, 1.165) is 44.0 Å². The van der Waals surface area contributed by atoms with Crippen molar-refractivity contribution in [3.05, 3.63) is 181 Å². The van der Waals surface area contributed by atoms with Gasteiger partial charge in [-0.1, -0.05) is 91.0 Å². The summed E-state index contributed by atoms with van der Waals surface area (Å²) in [4.78, 5) is 5.39. The molecule has 10 heteroatoms. The Morgan fingerprint density at radius 2 is 1.34 bits per heavy atom. The van der Waals surface area contributed by atoms with Crippen molar-refractivity contribution < 1.29 is 12.8 Å². The van der Waals surface area contributed by atoms with E-state index in [1.54, 1.807) is 30.5 Å². The number of hydrogen-bond donors (Lipinski definition) is 0. The molecule has 0 bridgehead atoms. The predicted molar refractivity (Wildman–Crippen MR) is 207 cm³/mol. The number of hydrogen-bond acceptors (Lipinski definition) is 6. The van der Waals surface area contributed by atoms with Crippen molar-refractivity contribution in [1.29, 1.82) is 5.26 Å². The normalized spacial score (nSPS) is 11.8. The highest BCUT2D eigenvalue weighted by Crippen LogP contribution is 2.43. The van der Waals surface area contributed by atoms with Gasteiger partial charge in [-0.3, -0.25) is 9.08 Å². The summed E-state index contributed by atoms with van der Waals surface area (Å²) in [6, 6.07) is 46.6. The van der Waals surface area contributed by atoms with Crippen LogP contribution in [0.4, 0.5) is 4.39 Å². The fraction of sp³-hybridized carbons (Fsp3) is 0.0930. The maximum absolute atomic E-state index is 14.3. The monoisotopic (exact) mass is 733 g/mol. The Bertz CT molecular complexity index is 2580. The summed E-state index contributed by atoms with van der Waals surface area (Å²) in [6.07, 6.45) is 6.26. The number of thiophene rings is 1. The molecule has 4 heterocycles. The Hall–Kier alpha value is -6.15. The van der Waals surface area contributed by atoms with Crippen molar-refractivity contribution in [2.75, 3.05) is 5.75 Å². The predicted octanol–water partition coefficient (Wildman–Crippen LogP) is 9.65. The molecule has 4 aromatic heterocycles. The van der Waals surface area contributed by atoms with E-state index < -0.39 is 15.4 Å². The molecule has 0 fully saturated rings. The Kier molecular flexibility index (Phi) is 9.04. The molecule has 8 rings (SSSR count). The Balaban J connectivity index is 1.34. The van der Waals surface area contributed by atoms with Gasteiger partial charge in [0, 0.05) is 35.5 Å². The lowest BCUT2D eigenvalue weighted by atomic mass is 9.77. The molecular formula is C43H32FN5O2S2. The van der Waals surface area contributed by atoms with Crippen molar-refractivity contribution in [2.24, 2.45) is 0 Å². The van der Waals surface area contributed by atoms with Crippen LogP contribution in [0.5, 0.6) is 0 Å². The van der Waals surface area contributed by atoms with Gasteiger partial charge in [-0.15, -0.1) is 11.3 Å². The third-order valence-corrected chi connectivity index (χ3v) is 12.9. The van der Waals surface area contributed by atoms with Gasteiger partial charge in [-0.2, -0.15) is 10.4 Å². The number of halogens is 1. The lowest BCUT2D eigenvalue weighted by molar-refractivity contribution is 0.461. The highest BCUT2D eigenvalue weighted by Gasteiger charge is 2.40. The summed E-state index contributed by atoms with van der Waals surface area (Å²) in [5.74, 6) is -0.418. The molecule has 0 aliphatic rings. The third-order valence-electron chi connectivity index (χ3n) is 9.41. The second-order valence-corrected chi connectivity index (χ2v) is 16.1. The van der Waals surface area contributed by atoms with Crippen LogP contribution in [-0.4, -0.2) is 33.3 Å². The molecule has 4 aromatic carbocycles. The molecule has 0 N–H and O–H groups in total. The minimum absolute atomic E-state index is 0.0790. The smallest absolute Gasteiger partial charge is 0.187 e. The lowest BCUT2D eigenvalue weighted by Crippen LogP contribution is -2.38. The fourth-order valence-electron chi connectivity index (χ4n) is 6.90. The molecule has 0 spiro atoms. The Morgan fingerprint density at radius 1 is 0.736 bits per heavy atom. The first-order valence-corrected chi connectivity index (χ1v) is 19.6. The van der Waals surface area contributed by atoms with Crippen LogP contribution in [0.1, 0.15) is 29.5 Å². The summed E-state index contributed by atoms with van der Waals surface area (Å²) in [5.41, 5.74) is 6.67. The number of rotatable bonds is 11. The summed E-state index contributed by atoms with van der Waals surface area (Å²) in [5, 5.41) is 14.3. The number of nitriles is 1. The van der Waals surface area contributed by atoms with Gasteiger partial charge < -0.3 is 0 Å². The molecule has 0 saturated carbocycles. The molecule has 0 unspecified atom stereocenters. The van der Waals surface area contributed by atoms with E-state index in [-0.39, 0.29) is 28.6 Å². The van der Waals surface area contributed by atoms with Gasteiger partial charge in [0.2, 0.25) is 0 Å². The SMILES string of the molecule is N#CCCCS(=O)(=O)c1ccc(-c2cnc3ccc(-c4cn(C(c5ccccc5)(c5ccccc5)c5ccccc5)nc4-c4ccc(F)cc4)cn23)s1. The van der Waals surface area contributed by atoms with E-state index in [4.69, 9.17) is 10.4 Å². The highest BCUT2D eigenvalue weighted by atomic mass is 32.2. The molecule has 7 nitrogen and oxygen atoms in total. The fourth-order valence-corrected chi connectivity index (χ4v) is 9.67. The summed E-state index contributed by atoms with van der Waals surface area (Å²) in [6.45, 7) is 0. The van der Waals surface area contributed by atoms with Crippen molar-refractivity contribution in [2.45, 2.75) is 22.6 Å². The first-order chi connectivity index (χ1) is 25.9. The summed E-state index contributed by atoms with van der Waals surface area (Å²) < 4.78 is 44.6. The number of aromatic nitrogens is 4. The number of fused-ring (bicyclic) bond motifs is 1. The minimum atomic E-state index is -3.53. The maximum atomic E-state index is 14.3. The van der Waals surface area contributed by atoms with Gasteiger partial charge in [0.15, 0.2) is 9.84 Å². The van der Waals surface area contributed by atoms with E-state index in [9.17, 15) is 12.8 Å². The zero-order valence-electron chi connectivity index (χ0n) is 28.4. The van der Waals surface area contributed by atoms with Gasteiger partial charge in [-0.05, 0) is 71.6 Å². The quantitative estimate of drug-likeness (QED) is 0.0975. The molecule has 260 valence electrons. The first-order valence-electron chi connectivity index (χ1n) is 17.1. The molecule has 53 heavy (non-hydrogen) atoms. The van der Waals surface area contributed by atoms with Crippen LogP contribution in [0.25, 0.3) is 38.6 Å². The average molecular weight is 734 g/mol. The molecule has 0 aliphatic heterocycles. The minimum Gasteiger partial charge on any atom is -0.298 e. The average Bonchev–Trinajstić information content (AvgIpc) is 3.96. The Labute approximate surface area is 310 Å². The molecule has 0 aliphatic carbocycles. The van der Waals surface area contributed by atoms with Crippen LogP contribution in [0.3, 0.4) is 0 Å². The number of benzene rings is 4. The second kappa shape index (κ2) is 14.1. The Morgan fingerprint density at radius 3 is 1.94 bits per heavy atom. The van der Waals surface area contributed by atoms with Gasteiger partial charge >= 0.3 is 0 Å². The van der Waals surface area contributed by atoms with E-state index in [1.807, 2.05) is 88.1 Å². The molecule has 0 saturated heterocycles. The van der Waals surface area contributed by atoms with Crippen LogP contribution in [-0.2, 0) is 15.4 Å². The van der Waals surface area contributed by atoms with Crippen molar-refractivity contribution in [3.8, 4) is 39.0 Å². The van der Waals surface area contributed by atoms with Crippen LogP contribution in [0.2, 0.25) is 0 Å². The number of imidazole rings is 1. The first kappa shape index (κ1) is 34.0. The largest absolute Gasteiger partial charge is 0.298 e. The van der Waals surface area contributed by atoms with Crippen LogP contribution >= 0.6 is 11.3 Å². The second-order valence-electron chi connectivity index (χ2n) is 12.6. The molecule has 0 radical (unpaired) electrons. The summed E-state index contributed by atoms with van der Waals surface area (Å²) >= 11 is 1.19. The number of pyridine rings is 1. The lowest BCUT2D eigenvalue weighted by Gasteiger charge is -2.36. The molecule has 8 aromatic rings. The zero-order chi connectivity index (χ0) is 36.4. The zero-order valence-corrected chi connectivity index (χ0v) is 30.0. The molecule has 0 atom stereocenters. The highest BCUT2D eigenvalue weighted by molar-refractivity contribution is 7.93.